The second-order valence-electron chi connectivity index (χ2n) is 4.39. The van der Waals surface area contributed by atoms with Gasteiger partial charge in [-0.15, -0.1) is 11.6 Å². The van der Waals surface area contributed by atoms with Crippen molar-refractivity contribution in [1.29, 1.82) is 0 Å². The third-order valence-electron chi connectivity index (χ3n) is 3.29. The molecule has 1 aliphatic rings. The van der Waals surface area contributed by atoms with Gasteiger partial charge in [-0.2, -0.15) is 0 Å². The van der Waals surface area contributed by atoms with E-state index in [1.807, 2.05) is 18.2 Å². The van der Waals surface area contributed by atoms with Crippen molar-refractivity contribution in [2.45, 2.75) is 18.7 Å². The number of alkyl halides is 1. The largest absolute Gasteiger partial charge is 0.497 e. The van der Waals surface area contributed by atoms with Crippen LogP contribution in [0.2, 0.25) is 0 Å². The summed E-state index contributed by atoms with van der Waals surface area (Å²) < 4.78 is 10.5. The number of hydrogen-bond donors (Lipinski definition) is 0. The minimum Gasteiger partial charge on any atom is -0.497 e. The summed E-state index contributed by atoms with van der Waals surface area (Å²) in [5, 5.41) is 0.0517. The number of halogens is 1. The molecule has 0 bridgehead atoms. The molecule has 1 fully saturated rings. The lowest BCUT2D eigenvalue weighted by molar-refractivity contribution is 0.389. The van der Waals surface area contributed by atoms with Crippen LogP contribution in [0.1, 0.15) is 24.3 Å². The van der Waals surface area contributed by atoms with E-state index in [9.17, 15) is 0 Å². The van der Waals surface area contributed by atoms with Gasteiger partial charge in [0, 0.05) is 11.6 Å². The lowest BCUT2D eigenvalue weighted by Gasteiger charge is -2.14. The zero-order chi connectivity index (χ0) is 11.7. The highest BCUT2D eigenvalue weighted by atomic mass is 35.5. The fourth-order valence-electron chi connectivity index (χ4n) is 2.04. The van der Waals surface area contributed by atoms with Crippen molar-refractivity contribution in [1.82, 2.24) is 0 Å². The summed E-state index contributed by atoms with van der Waals surface area (Å²) in [4.78, 5) is 0. The number of benzene rings is 1. The van der Waals surface area contributed by atoms with Gasteiger partial charge in [0.1, 0.15) is 11.5 Å². The SMILES string of the molecule is COc1ccc(C(Cl)C2CC2C)c(OC)c1. The molecule has 1 saturated carbocycles. The van der Waals surface area contributed by atoms with Crippen molar-refractivity contribution >= 4 is 11.6 Å². The van der Waals surface area contributed by atoms with Crippen molar-refractivity contribution < 1.29 is 9.47 Å². The summed E-state index contributed by atoms with van der Waals surface area (Å²) in [6.07, 6.45) is 1.21. The Labute approximate surface area is 102 Å². The van der Waals surface area contributed by atoms with Gasteiger partial charge in [-0.1, -0.05) is 13.0 Å². The van der Waals surface area contributed by atoms with E-state index >= 15 is 0 Å². The first-order valence-corrected chi connectivity index (χ1v) is 5.97. The van der Waals surface area contributed by atoms with Gasteiger partial charge < -0.3 is 9.47 Å². The summed E-state index contributed by atoms with van der Waals surface area (Å²) in [6.45, 7) is 2.23. The van der Waals surface area contributed by atoms with Crippen LogP contribution >= 0.6 is 11.6 Å². The third-order valence-corrected chi connectivity index (χ3v) is 3.84. The zero-order valence-electron chi connectivity index (χ0n) is 9.87. The molecule has 0 spiro atoms. The molecule has 0 N–H and O–H groups in total. The Morgan fingerprint density at radius 3 is 2.50 bits per heavy atom. The average Bonchev–Trinajstić information content (AvgIpc) is 3.04. The molecule has 3 heteroatoms. The van der Waals surface area contributed by atoms with Gasteiger partial charge in [-0.3, -0.25) is 0 Å². The Morgan fingerprint density at radius 2 is 2.00 bits per heavy atom. The van der Waals surface area contributed by atoms with Crippen molar-refractivity contribution in [2.75, 3.05) is 14.2 Å². The van der Waals surface area contributed by atoms with Gasteiger partial charge in [0.15, 0.2) is 0 Å². The molecule has 3 unspecified atom stereocenters. The molecular formula is C13H17ClO2. The molecule has 3 atom stereocenters. The molecule has 0 radical (unpaired) electrons. The topological polar surface area (TPSA) is 18.5 Å². The Morgan fingerprint density at radius 1 is 1.31 bits per heavy atom. The Hall–Kier alpha value is -0.890. The summed E-state index contributed by atoms with van der Waals surface area (Å²) in [5.41, 5.74) is 1.07. The van der Waals surface area contributed by atoms with Crippen molar-refractivity contribution in [3.05, 3.63) is 23.8 Å². The van der Waals surface area contributed by atoms with E-state index in [0.29, 0.717) is 5.92 Å². The second kappa shape index (κ2) is 4.54. The minimum atomic E-state index is 0.0517. The van der Waals surface area contributed by atoms with Gasteiger partial charge in [0.05, 0.1) is 19.6 Å². The van der Waals surface area contributed by atoms with Crippen LogP contribution < -0.4 is 9.47 Å². The van der Waals surface area contributed by atoms with Gasteiger partial charge in [0.2, 0.25) is 0 Å². The number of rotatable bonds is 4. The maximum absolute atomic E-state index is 6.46. The van der Waals surface area contributed by atoms with E-state index in [2.05, 4.69) is 6.92 Å². The zero-order valence-corrected chi connectivity index (χ0v) is 10.6. The van der Waals surface area contributed by atoms with Crippen molar-refractivity contribution in [2.24, 2.45) is 11.8 Å². The summed E-state index contributed by atoms with van der Waals surface area (Å²) in [6, 6.07) is 5.82. The van der Waals surface area contributed by atoms with Crippen LogP contribution in [0.3, 0.4) is 0 Å². The van der Waals surface area contributed by atoms with E-state index in [-0.39, 0.29) is 5.38 Å². The Bertz CT molecular complexity index is 378. The van der Waals surface area contributed by atoms with Gasteiger partial charge in [-0.05, 0) is 24.3 Å². The van der Waals surface area contributed by atoms with Crippen LogP contribution in [-0.4, -0.2) is 14.2 Å². The highest BCUT2D eigenvalue weighted by molar-refractivity contribution is 6.21. The molecular weight excluding hydrogens is 224 g/mol. The summed E-state index contributed by atoms with van der Waals surface area (Å²) in [7, 11) is 3.31. The standard InChI is InChI=1S/C13H17ClO2/c1-8-6-11(8)13(14)10-5-4-9(15-2)7-12(10)16-3/h4-5,7-8,11,13H,6H2,1-3H3. The highest BCUT2D eigenvalue weighted by Gasteiger charge is 2.40. The summed E-state index contributed by atoms with van der Waals surface area (Å²) >= 11 is 6.46. The second-order valence-corrected chi connectivity index (χ2v) is 4.86. The molecule has 88 valence electrons. The lowest BCUT2D eigenvalue weighted by Crippen LogP contribution is -1.99. The maximum Gasteiger partial charge on any atom is 0.127 e. The molecule has 2 nitrogen and oxygen atoms in total. The predicted molar refractivity (Wildman–Crippen MR) is 65.4 cm³/mol. The predicted octanol–water partition coefficient (Wildman–Crippen LogP) is 3.64. The van der Waals surface area contributed by atoms with Crippen molar-refractivity contribution in [3.8, 4) is 11.5 Å². The molecule has 0 aliphatic heterocycles. The molecule has 0 heterocycles. The quantitative estimate of drug-likeness (QED) is 0.748. The first-order chi connectivity index (χ1) is 7.67. The van der Waals surface area contributed by atoms with Crippen LogP contribution in [-0.2, 0) is 0 Å². The van der Waals surface area contributed by atoms with E-state index in [0.717, 1.165) is 23.0 Å². The molecule has 0 saturated heterocycles. The first-order valence-electron chi connectivity index (χ1n) is 5.53. The van der Waals surface area contributed by atoms with E-state index in [4.69, 9.17) is 21.1 Å². The van der Waals surface area contributed by atoms with Crippen LogP contribution in [0.4, 0.5) is 0 Å². The molecule has 2 rings (SSSR count). The molecule has 16 heavy (non-hydrogen) atoms. The molecule has 1 aliphatic carbocycles. The van der Waals surface area contributed by atoms with Crippen molar-refractivity contribution in [3.63, 3.8) is 0 Å². The highest BCUT2D eigenvalue weighted by Crippen LogP contribution is 2.52. The molecule has 0 aromatic heterocycles. The van der Waals surface area contributed by atoms with Crippen LogP contribution in [0, 0.1) is 11.8 Å². The monoisotopic (exact) mass is 240 g/mol. The van der Waals surface area contributed by atoms with Gasteiger partial charge >= 0.3 is 0 Å². The molecule has 1 aromatic rings. The minimum absolute atomic E-state index is 0.0517. The van der Waals surface area contributed by atoms with Crippen LogP contribution in [0.25, 0.3) is 0 Å². The number of hydrogen-bond acceptors (Lipinski definition) is 2. The molecule has 1 aromatic carbocycles. The van der Waals surface area contributed by atoms with E-state index in [1.54, 1.807) is 14.2 Å². The maximum atomic E-state index is 6.46. The number of ether oxygens (including phenoxy) is 2. The Kier molecular flexibility index (Phi) is 3.29. The lowest BCUT2D eigenvalue weighted by atomic mass is 10.1. The fourth-order valence-corrected chi connectivity index (χ4v) is 2.57. The average molecular weight is 241 g/mol. The molecule has 0 amide bonds. The Balaban J connectivity index is 2.25. The van der Waals surface area contributed by atoms with Crippen LogP contribution in [0.5, 0.6) is 11.5 Å². The third kappa shape index (κ3) is 2.12. The smallest absolute Gasteiger partial charge is 0.127 e. The normalized spacial score (nSPS) is 25.0. The summed E-state index contributed by atoms with van der Waals surface area (Å²) in [5.74, 6) is 2.94. The number of methoxy groups -OCH3 is 2. The fraction of sp³-hybridized carbons (Fsp3) is 0.538. The first kappa shape index (κ1) is 11.6. The van der Waals surface area contributed by atoms with Gasteiger partial charge in [0.25, 0.3) is 0 Å². The van der Waals surface area contributed by atoms with E-state index in [1.165, 1.54) is 6.42 Å². The van der Waals surface area contributed by atoms with Crippen LogP contribution in [0.15, 0.2) is 18.2 Å². The van der Waals surface area contributed by atoms with Gasteiger partial charge in [-0.25, -0.2) is 0 Å². The van der Waals surface area contributed by atoms with E-state index < -0.39 is 0 Å².